The fraction of sp³-hybridized carbons (Fsp3) is 0.550. The van der Waals surface area contributed by atoms with Crippen LogP contribution in [0.4, 0.5) is 14.5 Å². The number of hydrogen-bond donors (Lipinski definition) is 1. The Balaban J connectivity index is 1.65. The minimum absolute atomic E-state index is 0.0593. The van der Waals surface area contributed by atoms with Crippen LogP contribution in [-0.4, -0.2) is 54.5 Å². The summed E-state index contributed by atoms with van der Waals surface area (Å²) >= 11 is 0. The highest BCUT2D eigenvalue weighted by atomic mass is 19.3. The summed E-state index contributed by atoms with van der Waals surface area (Å²) in [7, 11) is 0. The fourth-order valence-corrected chi connectivity index (χ4v) is 3.58. The number of halogens is 2. The predicted octanol–water partition coefficient (Wildman–Crippen LogP) is 2.63. The molecule has 2 heterocycles. The van der Waals surface area contributed by atoms with Gasteiger partial charge in [0.05, 0.1) is 12.2 Å². The smallest absolute Gasteiger partial charge is 0.267 e. The van der Waals surface area contributed by atoms with Crippen LogP contribution in [0.1, 0.15) is 36.8 Å². The molecule has 3 rings (SSSR count). The van der Waals surface area contributed by atoms with Gasteiger partial charge in [-0.15, -0.1) is 0 Å². The van der Waals surface area contributed by atoms with E-state index in [0.717, 1.165) is 11.1 Å². The first-order chi connectivity index (χ1) is 13.3. The number of carbonyl (C=O) groups excluding carboxylic acids is 2. The number of amides is 2. The fourth-order valence-electron chi connectivity index (χ4n) is 3.58. The van der Waals surface area contributed by atoms with Gasteiger partial charge in [0.15, 0.2) is 0 Å². The molecule has 0 spiro atoms. The van der Waals surface area contributed by atoms with Crippen molar-refractivity contribution >= 4 is 23.2 Å². The number of hydrogen-bond acceptors (Lipinski definition) is 4. The minimum atomic E-state index is -2.34. The van der Waals surface area contributed by atoms with Gasteiger partial charge in [-0.3, -0.25) is 14.5 Å². The van der Waals surface area contributed by atoms with Gasteiger partial charge in [0.25, 0.3) is 12.3 Å². The monoisotopic (exact) mass is 392 g/mol. The number of carbonyl (C=O) groups is 2. The van der Waals surface area contributed by atoms with Gasteiger partial charge in [-0.2, -0.15) is 5.10 Å². The van der Waals surface area contributed by atoms with E-state index in [-0.39, 0.29) is 30.8 Å². The molecule has 0 radical (unpaired) electrons. The Labute approximate surface area is 163 Å². The van der Waals surface area contributed by atoms with Gasteiger partial charge in [0.1, 0.15) is 5.71 Å². The van der Waals surface area contributed by atoms with E-state index in [9.17, 15) is 18.4 Å². The van der Waals surface area contributed by atoms with Crippen molar-refractivity contribution < 1.29 is 18.4 Å². The second-order valence-corrected chi connectivity index (χ2v) is 7.48. The van der Waals surface area contributed by atoms with E-state index in [4.69, 9.17) is 0 Å². The highest BCUT2D eigenvalue weighted by molar-refractivity contribution is 6.40. The minimum Gasteiger partial charge on any atom is -0.348 e. The lowest BCUT2D eigenvalue weighted by Gasteiger charge is -2.32. The molecule has 28 heavy (non-hydrogen) atoms. The molecule has 1 aromatic rings. The predicted molar refractivity (Wildman–Crippen MR) is 104 cm³/mol. The van der Waals surface area contributed by atoms with Gasteiger partial charge in [0.2, 0.25) is 5.91 Å². The molecule has 1 N–H and O–H groups in total. The van der Waals surface area contributed by atoms with Crippen molar-refractivity contribution in [3.05, 3.63) is 29.3 Å². The third kappa shape index (κ3) is 4.92. The van der Waals surface area contributed by atoms with Crippen molar-refractivity contribution in [1.82, 2.24) is 10.2 Å². The molecule has 152 valence electrons. The van der Waals surface area contributed by atoms with E-state index >= 15 is 0 Å². The van der Waals surface area contributed by atoms with Crippen LogP contribution < -0.4 is 10.3 Å². The van der Waals surface area contributed by atoms with Crippen LogP contribution in [0.15, 0.2) is 23.3 Å². The first-order valence-electron chi connectivity index (χ1n) is 9.62. The zero-order chi connectivity index (χ0) is 20.3. The second kappa shape index (κ2) is 8.77. The summed E-state index contributed by atoms with van der Waals surface area (Å²) in [6, 6.07) is 5.71. The maximum atomic E-state index is 12.6. The summed E-state index contributed by atoms with van der Waals surface area (Å²) in [6.07, 6.45) is -0.546. The quantitative estimate of drug-likeness (QED) is 0.838. The average molecular weight is 392 g/mol. The third-order valence-electron chi connectivity index (χ3n) is 5.21. The molecule has 1 saturated heterocycles. The molecule has 8 heteroatoms. The van der Waals surface area contributed by atoms with Gasteiger partial charge < -0.3 is 5.32 Å². The Kier molecular flexibility index (Phi) is 6.39. The standard InChI is InChI=1S/C20H26F2N4O2/c1-13-3-4-14(2)17(11-13)26-19(27)6-5-16(24-26)20(28)23-15-7-9-25(10-8-15)12-18(21)22/h3-4,11,15,18H,5-10,12H2,1-2H3,(H,23,28). The lowest BCUT2D eigenvalue weighted by molar-refractivity contribution is -0.119. The molecule has 0 saturated carbocycles. The van der Waals surface area contributed by atoms with Crippen molar-refractivity contribution in [2.45, 2.75) is 52.0 Å². The Morgan fingerprint density at radius 2 is 1.96 bits per heavy atom. The first-order valence-corrected chi connectivity index (χ1v) is 9.62. The van der Waals surface area contributed by atoms with Gasteiger partial charge in [-0.05, 0) is 43.9 Å². The Morgan fingerprint density at radius 1 is 1.25 bits per heavy atom. The molecule has 1 fully saturated rings. The van der Waals surface area contributed by atoms with Gasteiger partial charge in [0, 0.05) is 32.0 Å². The Morgan fingerprint density at radius 3 is 2.64 bits per heavy atom. The number of benzene rings is 1. The van der Waals surface area contributed by atoms with Crippen LogP contribution in [0, 0.1) is 13.8 Å². The van der Waals surface area contributed by atoms with Crippen LogP contribution in [0.5, 0.6) is 0 Å². The Bertz CT molecular complexity index is 773. The molecule has 2 amide bonds. The zero-order valence-corrected chi connectivity index (χ0v) is 16.3. The molecule has 6 nitrogen and oxygen atoms in total. The van der Waals surface area contributed by atoms with Gasteiger partial charge >= 0.3 is 0 Å². The van der Waals surface area contributed by atoms with Crippen LogP contribution in [0.25, 0.3) is 0 Å². The van der Waals surface area contributed by atoms with Gasteiger partial charge in [-0.25, -0.2) is 13.8 Å². The van der Waals surface area contributed by atoms with Crippen molar-refractivity contribution in [2.24, 2.45) is 5.10 Å². The number of rotatable bonds is 5. The highest BCUT2D eigenvalue weighted by Crippen LogP contribution is 2.25. The van der Waals surface area contributed by atoms with Crippen LogP contribution in [-0.2, 0) is 9.59 Å². The molecule has 0 unspecified atom stereocenters. The molecule has 2 aliphatic heterocycles. The molecule has 2 aliphatic rings. The number of anilines is 1. The van der Waals surface area contributed by atoms with E-state index in [0.29, 0.717) is 43.8 Å². The molecule has 0 aliphatic carbocycles. The molecular formula is C20H26F2N4O2. The van der Waals surface area contributed by atoms with Crippen molar-refractivity contribution in [3.8, 4) is 0 Å². The number of piperidine rings is 1. The summed E-state index contributed by atoms with van der Waals surface area (Å²) in [5.41, 5.74) is 2.94. The summed E-state index contributed by atoms with van der Waals surface area (Å²) in [4.78, 5) is 26.7. The second-order valence-electron chi connectivity index (χ2n) is 7.48. The normalized spacial score (nSPS) is 19.1. The number of hydrazone groups is 1. The number of likely N-dealkylation sites (tertiary alicyclic amines) is 1. The highest BCUT2D eigenvalue weighted by Gasteiger charge is 2.29. The molecular weight excluding hydrogens is 366 g/mol. The van der Waals surface area contributed by atoms with Crippen molar-refractivity contribution in [2.75, 3.05) is 24.6 Å². The molecule has 1 aromatic carbocycles. The lowest BCUT2D eigenvalue weighted by Crippen LogP contribution is -2.48. The van der Waals surface area contributed by atoms with E-state index in [1.807, 2.05) is 32.0 Å². The summed E-state index contributed by atoms with van der Waals surface area (Å²) in [5, 5.41) is 8.61. The van der Waals surface area contributed by atoms with E-state index < -0.39 is 6.43 Å². The summed E-state index contributed by atoms with van der Waals surface area (Å²) < 4.78 is 24.9. The molecule has 0 aromatic heterocycles. The lowest BCUT2D eigenvalue weighted by atomic mass is 10.0. The molecule has 0 atom stereocenters. The summed E-state index contributed by atoms with van der Waals surface area (Å²) in [6.45, 7) is 4.69. The van der Waals surface area contributed by atoms with Crippen LogP contribution in [0.2, 0.25) is 0 Å². The van der Waals surface area contributed by atoms with E-state index in [2.05, 4.69) is 10.4 Å². The Hall–Kier alpha value is -2.35. The summed E-state index contributed by atoms with van der Waals surface area (Å²) in [5.74, 6) is -0.416. The maximum absolute atomic E-state index is 12.6. The number of alkyl halides is 2. The average Bonchev–Trinajstić information content (AvgIpc) is 2.65. The number of nitrogens with one attached hydrogen (secondary N) is 1. The first kappa shape index (κ1) is 20.4. The van der Waals surface area contributed by atoms with Crippen molar-refractivity contribution in [1.29, 1.82) is 0 Å². The van der Waals surface area contributed by atoms with Crippen LogP contribution in [0.3, 0.4) is 0 Å². The SMILES string of the molecule is Cc1ccc(C)c(N2N=C(C(=O)NC3CCN(CC(F)F)CC3)CCC2=O)c1. The van der Waals surface area contributed by atoms with Crippen LogP contribution >= 0.6 is 0 Å². The topological polar surface area (TPSA) is 65.0 Å². The van der Waals surface area contributed by atoms with E-state index in [1.54, 1.807) is 4.90 Å². The zero-order valence-electron chi connectivity index (χ0n) is 16.3. The van der Waals surface area contributed by atoms with Gasteiger partial charge in [-0.1, -0.05) is 12.1 Å². The van der Waals surface area contributed by atoms with Crippen molar-refractivity contribution in [3.63, 3.8) is 0 Å². The number of aryl methyl sites for hydroxylation is 2. The largest absolute Gasteiger partial charge is 0.348 e. The van der Waals surface area contributed by atoms with E-state index in [1.165, 1.54) is 5.01 Å². The third-order valence-corrected chi connectivity index (χ3v) is 5.21. The molecule has 0 bridgehead atoms. The maximum Gasteiger partial charge on any atom is 0.267 e. The number of nitrogens with zero attached hydrogens (tertiary/aromatic N) is 3.